The molecule has 2 aliphatic rings. The van der Waals surface area contributed by atoms with Crippen LogP contribution in [-0.2, 0) is 44.7 Å². The van der Waals surface area contributed by atoms with Gasteiger partial charge in [-0.1, -0.05) is 42.8 Å². The van der Waals surface area contributed by atoms with Crippen molar-refractivity contribution in [2.24, 2.45) is 0 Å². The molecule has 1 saturated heterocycles. The predicted octanol–water partition coefficient (Wildman–Crippen LogP) is 3.03. The highest BCUT2D eigenvalue weighted by Crippen LogP contribution is 2.39. The lowest BCUT2D eigenvalue weighted by Crippen LogP contribution is -2.65. The Bertz CT molecular complexity index is 1310. The third-order valence-electron chi connectivity index (χ3n) is 7.17. The molecule has 0 unspecified atom stereocenters. The normalized spacial score (nSPS) is 23.8. The van der Waals surface area contributed by atoms with Crippen molar-refractivity contribution in [3.8, 4) is 5.75 Å². The van der Waals surface area contributed by atoms with Crippen LogP contribution in [0.2, 0.25) is 0 Å². The van der Waals surface area contributed by atoms with E-state index in [1.54, 1.807) is 0 Å². The molecule has 1 aromatic carbocycles. The van der Waals surface area contributed by atoms with Gasteiger partial charge < -0.3 is 29.0 Å². The number of carbonyl (C=O) groups is 4. The van der Waals surface area contributed by atoms with Gasteiger partial charge in [0, 0.05) is 33.7 Å². The summed E-state index contributed by atoms with van der Waals surface area (Å²) in [6, 6.07) is 6.89. The summed E-state index contributed by atoms with van der Waals surface area (Å²) in [5, 5.41) is 12.3. The van der Waals surface area contributed by atoms with Gasteiger partial charge in [-0.15, -0.1) is 10.2 Å². The van der Waals surface area contributed by atoms with E-state index in [4.69, 9.17) is 23.7 Å². The molecule has 4 rings (SSSR count). The summed E-state index contributed by atoms with van der Waals surface area (Å²) >= 11 is 1.19. The van der Waals surface area contributed by atoms with Crippen LogP contribution in [0.4, 0.5) is 0 Å². The molecule has 43 heavy (non-hydrogen) atoms. The molecule has 2 fully saturated rings. The van der Waals surface area contributed by atoms with Crippen molar-refractivity contribution in [3.63, 3.8) is 0 Å². The van der Waals surface area contributed by atoms with E-state index in [1.807, 2.05) is 35.8 Å². The van der Waals surface area contributed by atoms with Gasteiger partial charge in [0.1, 0.15) is 36.5 Å². The van der Waals surface area contributed by atoms with E-state index in [2.05, 4.69) is 15.5 Å². The van der Waals surface area contributed by atoms with Gasteiger partial charge in [0.25, 0.3) is 0 Å². The zero-order valence-corrected chi connectivity index (χ0v) is 25.8. The van der Waals surface area contributed by atoms with Crippen LogP contribution in [-0.4, -0.2) is 75.0 Å². The third-order valence-corrected chi connectivity index (χ3v) is 8.29. The summed E-state index contributed by atoms with van der Waals surface area (Å²) in [4.78, 5) is 48.3. The van der Waals surface area contributed by atoms with Crippen molar-refractivity contribution in [2.45, 2.75) is 108 Å². The van der Waals surface area contributed by atoms with Crippen LogP contribution < -0.4 is 10.1 Å². The van der Waals surface area contributed by atoms with Crippen LogP contribution in [0.1, 0.15) is 70.8 Å². The molecular formula is C29H38N4O9S. The summed E-state index contributed by atoms with van der Waals surface area (Å²) in [6.45, 7) is 6.85. The summed E-state index contributed by atoms with van der Waals surface area (Å²) in [5.74, 6) is -0.921. The molecule has 5 atom stereocenters. The first-order valence-corrected chi connectivity index (χ1v) is 15.1. The number of aryl methyl sites for hydroxylation is 1. The number of hydrogen-bond acceptors (Lipinski definition) is 12. The standard InChI is InChI=1S/C29H38N4O9S/c1-16-10-6-9-13-22(16)39-15-24-31-32-29(33(24)21-11-7-8-12-21)43-28-25(30-17(2)34)27(41-20(5)37)26(40-19(4)36)23(42-28)14-38-18(3)35/h6,9-10,13,21,23,25-28H,7-8,11-12,14-15H2,1-5H3,(H,30,34)/t23-,25+,26-,27+,28+/m1/s1. The van der Waals surface area contributed by atoms with Crippen LogP contribution in [0.5, 0.6) is 5.75 Å². The molecule has 0 radical (unpaired) electrons. The maximum Gasteiger partial charge on any atom is 0.303 e. The zero-order chi connectivity index (χ0) is 31.1. The van der Waals surface area contributed by atoms with Gasteiger partial charge in [0.05, 0.1) is 0 Å². The zero-order valence-electron chi connectivity index (χ0n) is 24.9. The third kappa shape index (κ3) is 8.47. The van der Waals surface area contributed by atoms with Crippen molar-refractivity contribution >= 4 is 35.6 Å². The largest absolute Gasteiger partial charge is 0.485 e. The number of carbonyl (C=O) groups excluding carboxylic acids is 4. The van der Waals surface area contributed by atoms with Gasteiger partial charge in [-0.3, -0.25) is 23.7 Å². The van der Waals surface area contributed by atoms with Gasteiger partial charge in [0.15, 0.2) is 23.2 Å². The number of para-hydroxylation sites is 1. The minimum Gasteiger partial charge on any atom is -0.485 e. The van der Waals surface area contributed by atoms with Crippen LogP contribution >= 0.6 is 11.8 Å². The van der Waals surface area contributed by atoms with Gasteiger partial charge in [-0.25, -0.2) is 0 Å². The second-order valence-corrected chi connectivity index (χ2v) is 11.7. The Hall–Kier alpha value is -3.65. The maximum atomic E-state index is 12.4. The number of thioether (sulfide) groups is 1. The molecule has 1 aliphatic carbocycles. The molecule has 2 heterocycles. The molecule has 1 amide bonds. The van der Waals surface area contributed by atoms with E-state index in [-0.39, 0.29) is 19.3 Å². The fourth-order valence-corrected chi connectivity index (χ4v) is 6.60. The van der Waals surface area contributed by atoms with Gasteiger partial charge >= 0.3 is 17.9 Å². The Morgan fingerprint density at radius 2 is 1.65 bits per heavy atom. The van der Waals surface area contributed by atoms with Gasteiger partial charge in [-0.2, -0.15) is 0 Å². The predicted molar refractivity (Wildman–Crippen MR) is 153 cm³/mol. The molecule has 1 aromatic heterocycles. The van der Waals surface area contributed by atoms with Gasteiger partial charge in [0.2, 0.25) is 5.91 Å². The summed E-state index contributed by atoms with van der Waals surface area (Å²) in [5.41, 5.74) is 0.102. The average molecular weight is 619 g/mol. The first-order chi connectivity index (χ1) is 20.5. The molecule has 14 heteroatoms. The highest BCUT2D eigenvalue weighted by molar-refractivity contribution is 7.99. The summed E-state index contributed by atoms with van der Waals surface area (Å²) in [6.07, 6.45) is 0.660. The number of amides is 1. The lowest BCUT2D eigenvalue weighted by atomic mass is 9.97. The molecule has 13 nitrogen and oxygen atoms in total. The quantitative estimate of drug-likeness (QED) is 0.290. The van der Waals surface area contributed by atoms with E-state index >= 15 is 0 Å². The Morgan fingerprint density at radius 3 is 2.28 bits per heavy atom. The highest BCUT2D eigenvalue weighted by Gasteiger charge is 2.51. The van der Waals surface area contributed by atoms with E-state index in [0.717, 1.165) is 37.0 Å². The summed E-state index contributed by atoms with van der Waals surface area (Å²) < 4.78 is 30.8. The van der Waals surface area contributed by atoms with Crippen LogP contribution in [0.3, 0.4) is 0 Å². The molecule has 0 bridgehead atoms. The Labute approximate surface area is 254 Å². The van der Waals surface area contributed by atoms with Crippen molar-refractivity contribution in [1.29, 1.82) is 0 Å². The monoisotopic (exact) mass is 618 g/mol. The van der Waals surface area contributed by atoms with Crippen molar-refractivity contribution in [1.82, 2.24) is 20.1 Å². The van der Waals surface area contributed by atoms with E-state index in [9.17, 15) is 19.2 Å². The molecular weight excluding hydrogens is 580 g/mol. The number of benzene rings is 1. The van der Waals surface area contributed by atoms with E-state index < -0.39 is 53.6 Å². The second kappa shape index (κ2) is 14.7. The minimum atomic E-state index is -1.17. The highest BCUT2D eigenvalue weighted by atomic mass is 32.2. The Kier molecular flexibility index (Phi) is 11.0. The number of nitrogens with one attached hydrogen (secondary N) is 1. The molecule has 1 N–H and O–H groups in total. The first-order valence-electron chi connectivity index (χ1n) is 14.2. The van der Waals surface area contributed by atoms with Crippen molar-refractivity contribution in [3.05, 3.63) is 35.7 Å². The maximum absolute atomic E-state index is 12.4. The Morgan fingerprint density at radius 1 is 0.977 bits per heavy atom. The molecule has 2 aromatic rings. The molecule has 1 aliphatic heterocycles. The molecule has 0 spiro atoms. The number of hydrogen-bond donors (Lipinski definition) is 1. The fourth-order valence-electron chi connectivity index (χ4n) is 5.37. The van der Waals surface area contributed by atoms with Crippen molar-refractivity contribution in [2.75, 3.05) is 6.61 Å². The number of esters is 3. The number of aromatic nitrogens is 3. The fraction of sp³-hybridized carbons (Fsp3) is 0.586. The Balaban J connectivity index is 1.69. The number of nitrogens with zero attached hydrogens (tertiary/aromatic N) is 3. The van der Waals surface area contributed by atoms with Crippen LogP contribution in [0.25, 0.3) is 0 Å². The van der Waals surface area contributed by atoms with Crippen LogP contribution in [0.15, 0.2) is 29.4 Å². The topological polar surface area (TPSA) is 157 Å². The first kappa shape index (κ1) is 32.3. The minimum absolute atomic E-state index is 0.130. The lowest BCUT2D eigenvalue weighted by molar-refractivity contribution is -0.211. The van der Waals surface area contributed by atoms with Gasteiger partial charge in [-0.05, 0) is 31.4 Å². The van der Waals surface area contributed by atoms with Crippen molar-refractivity contribution < 1.29 is 42.9 Å². The average Bonchev–Trinajstić information content (AvgIpc) is 3.59. The molecule has 234 valence electrons. The van der Waals surface area contributed by atoms with E-state index in [1.165, 1.54) is 39.5 Å². The van der Waals surface area contributed by atoms with Crippen LogP contribution in [0, 0.1) is 6.92 Å². The smallest absolute Gasteiger partial charge is 0.303 e. The number of ether oxygens (including phenoxy) is 5. The second-order valence-electron chi connectivity index (χ2n) is 10.6. The molecule has 1 saturated carbocycles. The number of rotatable bonds is 11. The SMILES string of the molecule is CC(=O)N[C@H]1[C@H](OC(C)=O)[C@H](OC(C)=O)[C@@H](COC(C)=O)O[C@H]1Sc1nnc(COc2ccccc2C)n1C1CCCC1. The lowest BCUT2D eigenvalue weighted by Gasteiger charge is -2.44. The van der Waals surface area contributed by atoms with E-state index in [0.29, 0.717) is 11.0 Å². The summed E-state index contributed by atoms with van der Waals surface area (Å²) in [7, 11) is 0.